The number of nitrogens with one attached hydrogen (secondary N) is 1. The number of benzene rings is 1. The maximum Gasteiger partial charge on any atom is 0.255 e. The van der Waals surface area contributed by atoms with Crippen LogP contribution in [0.1, 0.15) is 47.2 Å². The third-order valence-corrected chi connectivity index (χ3v) is 6.89. The second-order valence-electron chi connectivity index (χ2n) is 9.05. The van der Waals surface area contributed by atoms with Crippen molar-refractivity contribution in [2.45, 2.75) is 44.8 Å². The fourth-order valence-electron chi connectivity index (χ4n) is 5.56. The summed E-state index contributed by atoms with van der Waals surface area (Å²) in [4.78, 5) is 40.5. The van der Waals surface area contributed by atoms with Gasteiger partial charge in [-0.25, -0.2) is 0 Å². The maximum atomic E-state index is 12.9. The van der Waals surface area contributed by atoms with Crippen LogP contribution in [0.3, 0.4) is 0 Å². The van der Waals surface area contributed by atoms with E-state index in [4.69, 9.17) is 5.73 Å². The normalized spacial score (nSPS) is 26.8. The molecule has 7 heteroatoms. The van der Waals surface area contributed by atoms with Crippen LogP contribution >= 0.6 is 0 Å². The minimum absolute atomic E-state index is 0.101. The Morgan fingerprint density at radius 1 is 1.18 bits per heavy atom. The first-order valence-electron chi connectivity index (χ1n) is 10.2. The number of piperidine rings is 1. The number of rotatable bonds is 4. The molecule has 0 bridgehead atoms. The number of likely N-dealkylation sites (tertiary alicyclic amines) is 1. The smallest absolute Gasteiger partial charge is 0.255 e. The summed E-state index contributed by atoms with van der Waals surface area (Å²) in [6.07, 6.45) is 3.19. The van der Waals surface area contributed by atoms with Crippen molar-refractivity contribution in [1.82, 2.24) is 15.1 Å². The quantitative estimate of drug-likeness (QED) is 0.745. The van der Waals surface area contributed by atoms with Gasteiger partial charge in [-0.1, -0.05) is 12.1 Å². The lowest BCUT2D eigenvalue weighted by Gasteiger charge is -2.59. The maximum absolute atomic E-state index is 12.9. The van der Waals surface area contributed by atoms with Gasteiger partial charge in [-0.3, -0.25) is 24.6 Å². The second kappa shape index (κ2) is 6.39. The number of hydrogen-bond donors (Lipinski definition) is 2. The van der Waals surface area contributed by atoms with Gasteiger partial charge in [0.25, 0.3) is 5.91 Å². The number of nitrogens with two attached hydrogens (primary N) is 1. The fraction of sp³-hybridized carbons (Fsp3) is 0.571. The van der Waals surface area contributed by atoms with Gasteiger partial charge in [0.05, 0.1) is 0 Å². The summed E-state index contributed by atoms with van der Waals surface area (Å²) in [5.74, 6) is -0.0155. The zero-order valence-electron chi connectivity index (χ0n) is 15.9. The Kier molecular flexibility index (Phi) is 4.07. The van der Waals surface area contributed by atoms with Crippen LogP contribution in [0, 0.1) is 11.3 Å². The molecule has 3 N–H and O–H groups in total. The number of carbonyl (C=O) groups excluding carboxylic acids is 3. The Balaban J connectivity index is 1.23. The van der Waals surface area contributed by atoms with Crippen molar-refractivity contribution >= 4 is 17.7 Å². The largest absolute Gasteiger partial charge is 0.330 e. The molecule has 3 aliphatic heterocycles. The van der Waals surface area contributed by atoms with Gasteiger partial charge in [0, 0.05) is 38.2 Å². The molecule has 3 heterocycles. The number of carbonyl (C=O) groups is 3. The molecule has 1 saturated carbocycles. The van der Waals surface area contributed by atoms with Crippen LogP contribution in [0.5, 0.6) is 0 Å². The number of nitrogens with zero attached hydrogens (tertiary/aromatic N) is 2. The molecule has 1 spiro atoms. The van der Waals surface area contributed by atoms with Crippen LogP contribution in [-0.4, -0.2) is 53.2 Å². The van der Waals surface area contributed by atoms with Gasteiger partial charge in [0.1, 0.15) is 6.04 Å². The average Bonchev–Trinajstić information content (AvgIpc) is 2.92. The van der Waals surface area contributed by atoms with Gasteiger partial charge in [-0.05, 0) is 54.3 Å². The molecule has 7 nitrogen and oxygen atoms in total. The molecule has 4 aliphatic rings. The zero-order valence-corrected chi connectivity index (χ0v) is 15.9. The van der Waals surface area contributed by atoms with Crippen molar-refractivity contribution in [3.8, 4) is 0 Å². The molecule has 0 radical (unpaired) electrons. The van der Waals surface area contributed by atoms with E-state index in [1.807, 2.05) is 12.1 Å². The second-order valence-corrected chi connectivity index (χ2v) is 9.05. The molecule has 5 rings (SSSR count). The molecule has 3 amide bonds. The molecular weight excluding hydrogens is 356 g/mol. The highest BCUT2D eigenvalue weighted by Crippen LogP contribution is 2.51. The lowest BCUT2D eigenvalue weighted by molar-refractivity contribution is -0.136. The summed E-state index contributed by atoms with van der Waals surface area (Å²) >= 11 is 0. The van der Waals surface area contributed by atoms with Crippen LogP contribution in [-0.2, 0) is 22.7 Å². The van der Waals surface area contributed by atoms with Crippen LogP contribution < -0.4 is 11.1 Å². The van der Waals surface area contributed by atoms with Crippen molar-refractivity contribution in [3.63, 3.8) is 0 Å². The van der Waals surface area contributed by atoms with E-state index < -0.39 is 6.04 Å². The summed E-state index contributed by atoms with van der Waals surface area (Å²) in [5.41, 5.74) is 9.05. The van der Waals surface area contributed by atoms with Gasteiger partial charge in [-0.2, -0.15) is 0 Å². The van der Waals surface area contributed by atoms with E-state index in [-0.39, 0.29) is 24.1 Å². The standard InChI is InChI=1S/C21H26N4O3/c22-8-14-6-21(7-14)11-24(12-21)9-13-1-2-15-10-25(20(28)16(15)5-13)17-3-4-18(26)23-19(17)27/h1-2,5,14,17H,3-4,6-12,22H2,(H,23,26,27). The van der Waals surface area contributed by atoms with Crippen molar-refractivity contribution in [2.24, 2.45) is 17.1 Å². The van der Waals surface area contributed by atoms with E-state index in [9.17, 15) is 14.4 Å². The number of fused-ring (bicyclic) bond motifs is 1. The predicted octanol–water partition coefficient (Wildman–Crippen LogP) is 0.618. The Bertz CT molecular complexity index is 853. The van der Waals surface area contributed by atoms with Gasteiger partial charge in [0.2, 0.25) is 11.8 Å². The van der Waals surface area contributed by atoms with Crippen molar-refractivity contribution in [2.75, 3.05) is 19.6 Å². The van der Waals surface area contributed by atoms with Crippen molar-refractivity contribution in [3.05, 3.63) is 34.9 Å². The van der Waals surface area contributed by atoms with E-state index >= 15 is 0 Å². The van der Waals surface area contributed by atoms with E-state index in [1.165, 1.54) is 12.8 Å². The minimum atomic E-state index is -0.551. The highest BCUT2D eigenvalue weighted by Gasteiger charge is 2.51. The summed E-state index contributed by atoms with van der Waals surface area (Å²) in [6, 6.07) is 5.54. The first-order chi connectivity index (χ1) is 13.5. The van der Waals surface area contributed by atoms with Gasteiger partial charge in [0.15, 0.2) is 0 Å². The van der Waals surface area contributed by atoms with Crippen LogP contribution in [0.2, 0.25) is 0 Å². The molecule has 1 atom stereocenters. The first kappa shape index (κ1) is 17.8. The topological polar surface area (TPSA) is 95.7 Å². The molecule has 1 aromatic rings. The SMILES string of the molecule is NCC1CC2(C1)CN(Cc1ccc3c(c1)C(=O)N(C1CCC(=O)NC1=O)C3)C2. The fourth-order valence-corrected chi connectivity index (χ4v) is 5.56. The highest BCUT2D eigenvalue weighted by atomic mass is 16.2. The number of hydrogen-bond acceptors (Lipinski definition) is 5. The lowest BCUT2D eigenvalue weighted by atomic mass is 9.58. The van der Waals surface area contributed by atoms with E-state index in [2.05, 4.69) is 16.3 Å². The van der Waals surface area contributed by atoms with Crippen LogP contribution in [0.25, 0.3) is 0 Å². The Labute approximate surface area is 164 Å². The summed E-state index contributed by atoms with van der Waals surface area (Å²) < 4.78 is 0. The van der Waals surface area contributed by atoms with Gasteiger partial charge >= 0.3 is 0 Å². The predicted molar refractivity (Wildman–Crippen MR) is 102 cm³/mol. The highest BCUT2D eigenvalue weighted by molar-refractivity contribution is 6.05. The summed E-state index contributed by atoms with van der Waals surface area (Å²) in [6.45, 7) is 4.34. The molecular formula is C21H26N4O3. The average molecular weight is 382 g/mol. The number of imide groups is 1. The van der Waals surface area contributed by atoms with E-state index in [0.29, 0.717) is 29.9 Å². The Morgan fingerprint density at radius 3 is 2.68 bits per heavy atom. The van der Waals surface area contributed by atoms with Crippen molar-refractivity contribution in [1.29, 1.82) is 0 Å². The van der Waals surface area contributed by atoms with Crippen LogP contribution in [0.4, 0.5) is 0 Å². The minimum Gasteiger partial charge on any atom is -0.330 e. The molecule has 1 unspecified atom stereocenters. The summed E-state index contributed by atoms with van der Waals surface area (Å²) in [7, 11) is 0. The van der Waals surface area contributed by atoms with Gasteiger partial charge < -0.3 is 10.6 Å². The van der Waals surface area contributed by atoms with Gasteiger partial charge in [-0.15, -0.1) is 0 Å². The molecule has 1 aromatic carbocycles. The molecule has 28 heavy (non-hydrogen) atoms. The van der Waals surface area contributed by atoms with E-state index in [0.717, 1.165) is 37.3 Å². The zero-order chi connectivity index (χ0) is 19.5. The first-order valence-corrected chi connectivity index (χ1v) is 10.2. The third kappa shape index (κ3) is 2.84. The van der Waals surface area contributed by atoms with Crippen molar-refractivity contribution < 1.29 is 14.4 Å². The molecule has 2 saturated heterocycles. The Hall–Kier alpha value is -2.25. The molecule has 1 aliphatic carbocycles. The monoisotopic (exact) mass is 382 g/mol. The lowest BCUT2D eigenvalue weighted by Crippen LogP contribution is -2.62. The van der Waals surface area contributed by atoms with Crippen LogP contribution in [0.15, 0.2) is 18.2 Å². The molecule has 3 fully saturated rings. The third-order valence-electron chi connectivity index (χ3n) is 6.89. The number of amides is 3. The Morgan fingerprint density at radius 2 is 1.96 bits per heavy atom. The molecule has 0 aromatic heterocycles. The summed E-state index contributed by atoms with van der Waals surface area (Å²) in [5, 5.41) is 2.35. The van der Waals surface area contributed by atoms with E-state index in [1.54, 1.807) is 4.90 Å². The molecule has 148 valence electrons.